The monoisotopic (exact) mass is 493 g/mol. The standard InChI is InChI=1S/C22H18F7NO2S/c1-11-2-4-12(5-3-11)13-6-7-17-18(8-13)33-20(30-17)21(25,26)31-14-9-15(23)19(16(24)10-14)32-22(27,28)29/h6-12H,2-5H2,1H3. The second-order valence-corrected chi connectivity index (χ2v) is 9.12. The van der Waals surface area contributed by atoms with Gasteiger partial charge >= 0.3 is 12.5 Å². The zero-order valence-electron chi connectivity index (χ0n) is 17.2. The molecule has 1 heterocycles. The molecular weight excluding hydrogens is 475 g/mol. The average molecular weight is 493 g/mol. The number of fused-ring (bicyclic) bond motifs is 1. The molecule has 33 heavy (non-hydrogen) atoms. The predicted octanol–water partition coefficient (Wildman–Crippen LogP) is 7.90. The van der Waals surface area contributed by atoms with Crippen molar-refractivity contribution in [3.05, 3.63) is 52.5 Å². The highest BCUT2D eigenvalue weighted by molar-refractivity contribution is 7.18. The van der Waals surface area contributed by atoms with Gasteiger partial charge in [-0.25, -0.2) is 13.8 Å². The van der Waals surface area contributed by atoms with Gasteiger partial charge in [0, 0.05) is 12.1 Å². The van der Waals surface area contributed by atoms with Crippen molar-refractivity contribution in [2.45, 2.75) is 51.0 Å². The van der Waals surface area contributed by atoms with E-state index in [1.807, 2.05) is 12.1 Å². The Labute approximate surface area is 188 Å². The molecule has 0 atom stereocenters. The second-order valence-electron chi connectivity index (χ2n) is 8.09. The zero-order chi connectivity index (χ0) is 24.0. The molecule has 0 radical (unpaired) electrons. The predicted molar refractivity (Wildman–Crippen MR) is 108 cm³/mol. The molecule has 4 rings (SSSR count). The number of hydrogen-bond donors (Lipinski definition) is 0. The highest BCUT2D eigenvalue weighted by Gasteiger charge is 2.40. The smallest absolute Gasteiger partial charge is 0.427 e. The van der Waals surface area contributed by atoms with Gasteiger partial charge in [0.15, 0.2) is 11.6 Å². The van der Waals surface area contributed by atoms with Gasteiger partial charge < -0.3 is 9.47 Å². The van der Waals surface area contributed by atoms with Crippen LogP contribution in [0, 0.1) is 17.6 Å². The number of alkyl halides is 5. The third kappa shape index (κ3) is 5.34. The Balaban J connectivity index is 1.56. The molecule has 3 aromatic rings. The number of aromatic nitrogens is 1. The molecule has 1 fully saturated rings. The Morgan fingerprint density at radius 1 is 0.909 bits per heavy atom. The number of hydrogen-bond acceptors (Lipinski definition) is 4. The molecule has 0 aliphatic heterocycles. The molecule has 0 bridgehead atoms. The summed E-state index contributed by atoms with van der Waals surface area (Å²) in [5.74, 6) is -5.44. The van der Waals surface area contributed by atoms with E-state index in [1.54, 1.807) is 6.07 Å². The summed E-state index contributed by atoms with van der Waals surface area (Å²) in [6, 6.07) is 5.69. The fourth-order valence-corrected chi connectivity index (χ4v) is 4.84. The summed E-state index contributed by atoms with van der Waals surface area (Å²) in [6.07, 6.45) is -5.20. The minimum absolute atomic E-state index is 0.188. The number of rotatable bonds is 5. The van der Waals surface area contributed by atoms with E-state index in [0.29, 0.717) is 33.4 Å². The van der Waals surface area contributed by atoms with Crippen LogP contribution in [-0.2, 0) is 6.11 Å². The van der Waals surface area contributed by atoms with E-state index in [9.17, 15) is 30.7 Å². The van der Waals surface area contributed by atoms with Gasteiger partial charge in [0.25, 0.3) is 0 Å². The summed E-state index contributed by atoms with van der Waals surface area (Å²) >= 11 is 0.675. The minimum Gasteiger partial charge on any atom is -0.427 e. The van der Waals surface area contributed by atoms with Gasteiger partial charge in [-0.2, -0.15) is 8.78 Å². The van der Waals surface area contributed by atoms with Crippen LogP contribution in [0.5, 0.6) is 11.5 Å². The zero-order valence-corrected chi connectivity index (χ0v) is 18.0. The molecule has 1 aromatic heterocycles. The second kappa shape index (κ2) is 8.66. The normalized spacial score (nSPS) is 19.6. The van der Waals surface area contributed by atoms with Gasteiger partial charge in [0.05, 0.1) is 10.2 Å². The van der Waals surface area contributed by atoms with E-state index < -0.39 is 40.6 Å². The molecule has 0 spiro atoms. The van der Waals surface area contributed by atoms with Gasteiger partial charge in [-0.05, 0) is 42.4 Å². The molecule has 0 saturated heterocycles. The molecular formula is C22H18F7NO2S. The quantitative estimate of drug-likeness (QED) is 0.339. The maximum atomic E-state index is 14.7. The SMILES string of the molecule is CC1CCC(c2ccc3nc(C(F)(F)Oc4cc(F)c(OC(F)(F)F)c(F)c4)sc3c2)CC1. The molecule has 1 saturated carbocycles. The van der Waals surface area contributed by atoms with Crippen molar-refractivity contribution in [3.8, 4) is 11.5 Å². The van der Waals surface area contributed by atoms with Crippen molar-refractivity contribution in [1.29, 1.82) is 0 Å². The average Bonchev–Trinajstić information content (AvgIpc) is 3.15. The van der Waals surface area contributed by atoms with Crippen LogP contribution < -0.4 is 9.47 Å². The number of benzene rings is 2. The lowest BCUT2D eigenvalue weighted by molar-refractivity contribution is -0.276. The number of nitrogens with zero attached hydrogens (tertiary/aromatic N) is 1. The lowest BCUT2D eigenvalue weighted by Crippen LogP contribution is -2.22. The Kier molecular flexibility index (Phi) is 6.19. The van der Waals surface area contributed by atoms with Crippen molar-refractivity contribution < 1.29 is 40.2 Å². The van der Waals surface area contributed by atoms with Gasteiger partial charge in [0.1, 0.15) is 5.75 Å². The molecule has 3 nitrogen and oxygen atoms in total. The molecule has 0 amide bonds. The molecule has 1 aliphatic rings. The Morgan fingerprint density at radius 2 is 1.55 bits per heavy atom. The van der Waals surface area contributed by atoms with E-state index in [4.69, 9.17) is 0 Å². The topological polar surface area (TPSA) is 31.4 Å². The first-order valence-corrected chi connectivity index (χ1v) is 11.0. The van der Waals surface area contributed by atoms with Crippen molar-refractivity contribution in [2.24, 2.45) is 5.92 Å². The van der Waals surface area contributed by atoms with Gasteiger partial charge in [-0.15, -0.1) is 24.5 Å². The van der Waals surface area contributed by atoms with E-state index >= 15 is 0 Å². The first kappa shape index (κ1) is 23.6. The molecule has 0 unspecified atom stereocenters. The Morgan fingerprint density at radius 3 is 2.15 bits per heavy atom. The van der Waals surface area contributed by atoms with Crippen LogP contribution in [0.15, 0.2) is 30.3 Å². The fraction of sp³-hybridized carbons (Fsp3) is 0.409. The van der Waals surface area contributed by atoms with Gasteiger partial charge in [-0.1, -0.05) is 25.8 Å². The number of ether oxygens (including phenoxy) is 2. The van der Waals surface area contributed by atoms with Crippen LogP contribution in [0.3, 0.4) is 0 Å². The third-order valence-corrected chi connectivity index (χ3v) is 6.65. The lowest BCUT2D eigenvalue weighted by atomic mass is 9.79. The molecule has 178 valence electrons. The van der Waals surface area contributed by atoms with Crippen LogP contribution >= 0.6 is 11.3 Å². The first-order valence-electron chi connectivity index (χ1n) is 10.1. The van der Waals surface area contributed by atoms with Crippen LogP contribution in [0.25, 0.3) is 10.2 Å². The van der Waals surface area contributed by atoms with Gasteiger partial charge in [0.2, 0.25) is 10.8 Å². The fourth-order valence-electron chi connectivity index (χ4n) is 3.91. The largest absolute Gasteiger partial charge is 0.573 e. The van der Waals surface area contributed by atoms with Crippen LogP contribution in [0.1, 0.15) is 49.1 Å². The van der Waals surface area contributed by atoms with Crippen LogP contribution in [0.2, 0.25) is 0 Å². The van der Waals surface area contributed by atoms with E-state index in [2.05, 4.69) is 21.4 Å². The summed E-state index contributed by atoms with van der Waals surface area (Å²) in [6.45, 7) is 2.20. The van der Waals surface area contributed by atoms with Crippen molar-refractivity contribution >= 4 is 21.6 Å². The van der Waals surface area contributed by atoms with Gasteiger partial charge in [-0.3, -0.25) is 0 Å². The van der Waals surface area contributed by atoms with E-state index in [-0.39, 0.29) is 12.1 Å². The summed E-state index contributed by atoms with van der Waals surface area (Å²) in [4.78, 5) is 3.87. The maximum Gasteiger partial charge on any atom is 0.573 e. The minimum atomic E-state index is -5.36. The van der Waals surface area contributed by atoms with Crippen LogP contribution in [-0.4, -0.2) is 11.3 Å². The number of thiazole rings is 1. The Bertz CT molecular complexity index is 1130. The first-order chi connectivity index (χ1) is 15.4. The summed E-state index contributed by atoms with van der Waals surface area (Å²) in [5, 5.41) is -0.747. The summed E-state index contributed by atoms with van der Waals surface area (Å²) in [7, 11) is 0. The van der Waals surface area contributed by atoms with Crippen molar-refractivity contribution in [3.63, 3.8) is 0 Å². The molecule has 1 aliphatic carbocycles. The highest BCUT2D eigenvalue weighted by Crippen LogP contribution is 2.41. The van der Waals surface area contributed by atoms with Crippen LogP contribution in [0.4, 0.5) is 30.7 Å². The highest BCUT2D eigenvalue weighted by atomic mass is 32.1. The molecule has 2 aromatic carbocycles. The Hall–Kier alpha value is -2.56. The van der Waals surface area contributed by atoms with E-state index in [0.717, 1.165) is 31.2 Å². The number of halogens is 7. The van der Waals surface area contributed by atoms with Crippen molar-refractivity contribution in [2.75, 3.05) is 0 Å². The lowest BCUT2D eigenvalue weighted by Gasteiger charge is -2.26. The summed E-state index contributed by atoms with van der Waals surface area (Å²) in [5.41, 5.74) is 1.36. The van der Waals surface area contributed by atoms with E-state index in [1.165, 1.54) is 0 Å². The third-order valence-electron chi connectivity index (χ3n) is 5.58. The summed E-state index contributed by atoms with van der Waals surface area (Å²) < 4.78 is 102. The maximum absolute atomic E-state index is 14.7. The molecule has 11 heteroatoms. The van der Waals surface area contributed by atoms with Crippen molar-refractivity contribution in [1.82, 2.24) is 4.98 Å². The molecule has 0 N–H and O–H groups in total.